The van der Waals surface area contributed by atoms with E-state index in [0.717, 1.165) is 6.42 Å². The molecule has 0 saturated heterocycles. The first-order valence-corrected chi connectivity index (χ1v) is 4.52. The standard InChI is InChI=1S/C9H20N2O2/c1-9(2,7-13-3)11-8(12)5-4-6-10/h4-7,10H2,1-3H3,(H,11,12). The molecule has 0 radical (unpaired) electrons. The third-order valence-corrected chi connectivity index (χ3v) is 1.59. The van der Waals surface area contributed by atoms with Crippen molar-refractivity contribution in [1.29, 1.82) is 0 Å². The van der Waals surface area contributed by atoms with Gasteiger partial charge < -0.3 is 15.8 Å². The Balaban J connectivity index is 3.75. The molecule has 0 saturated carbocycles. The Morgan fingerprint density at radius 3 is 2.62 bits per heavy atom. The minimum Gasteiger partial charge on any atom is -0.382 e. The molecule has 0 aliphatic heterocycles. The summed E-state index contributed by atoms with van der Waals surface area (Å²) in [4.78, 5) is 11.3. The van der Waals surface area contributed by atoms with Gasteiger partial charge in [0.25, 0.3) is 0 Å². The van der Waals surface area contributed by atoms with E-state index < -0.39 is 0 Å². The maximum Gasteiger partial charge on any atom is 0.220 e. The average Bonchev–Trinajstić information content (AvgIpc) is 1.99. The molecule has 0 rings (SSSR count). The second-order valence-electron chi connectivity index (χ2n) is 3.76. The quantitative estimate of drug-likeness (QED) is 0.628. The first-order chi connectivity index (χ1) is 6.02. The summed E-state index contributed by atoms with van der Waals surface area (Å²) >= 11 is 0. The number of methoxy groups -OCH3 is 1. The third-order valence-electron chi connectivity index (χ3n) is 1.59. The molecule has 0 bridgehead atoms. The Bertz CT molecular complexity index is 158. The molecule has 4 nitrogen and oxygen atoms in total. The highest BCUT2D eigenvalue weighted by atomic mass is 16.5. The lowest BCUT2D eigenvalue weighted by molar-refractivity contribution is -0.123. The van der Waals surface area contributed by atoms with Crippen molar-refractivity contribution in [2.45, 2.75) is 32.2 Å². The first kappa shape index (κ1) is 12.4. The lowest BCUT2D eigenvalue weighted by Crippen LogP contribution is -2.46. The highest BCUT2D eigenvalue weighted by Gasteiger charge is 2.19. The summed E-state index contributed by atoms with van der Waals surface area (Å²) in [5.74, 6) is 0.0347. The van der Waals surface area contributed by atoms with Gasteiger partial charge in [-0.3, -0.25) is 4.79 Å². The summed E-state index contributed by atoms with van der Waals surface area (Å²) in [7, 11) is 1.62. The lowest BCUT2D eigenvalue weighted by Gasteiger charge is -2.25. The van der Waals surface area contributed by atoms with Crippen LogP contribution in [0.25, 0.3) is 0 Å². The van der Waals surface area contributed by atoms with E-state index in [4.69, 9.17) is 10.5 Å². The van der Waals surface area contributed by atoms with Crippen LogP contribution in [0.4, 0.5) is 0 Å². The number of rotatable bonds is 6. The first-order valence-electron chi connectivity index (χ1n) is 4.52. The van der Waals surface area contributed by atoms with E-state index in [0.29, 0.717) is 19.6 Å². The molecule has 0 aromatic carbocycles. The summed E-state index contributed by atoms with van der Waals surface area (Å²) in [6, 6.07) is 0. The number of ether oxygens (including phenoxy) is 1. The number of amides is 1. The van der Waals surface area contributed by atoms with Gasteiger partial charge in [-0.25, -0.2) is 0 Å². The van der Waals surface area contributed by atoms with Crippen LogP contribution >= 0.6 is 0 Å². The van der Waals surface area contributed by atoms with Crippen LogP contribution in [-0.4, -0.2) is 31.7 Å². The molecule has 0 aromatic heterocycles. The molecular formula is C9H20N2O2. The van der Waals surface area contributed by atoms with Gasteiger partial charge in [-0.1, -0.05) is 0 Å². The minimum absolute atomic E-state index is 0.0347. The molecule has 3 N–H and O–H groups in total. The van der Waals surface area contributed by atoms with E-state index in [9.17, 15) is 4.79 Å². The van der Waals surface area contributed by atoms with Gasteiger partial charge in [0, 0.05) is 13.5 Å². The topological polar surface area (TPSA) is 64.3 Å². The fourth-order valence-corrected chi connectivity index (χ4v) is 1.10. The van der Waals surface area contributed by atoms with Crippen LogP contribution in [0.2, 0.25) is 0 Å². The summed E-state index contributed by atoms with van der Waals surface area (Å²) in [6.45, 7) is 4.92. The molecule has 0 spiro atoms. The van der Waals surface area contributed by atoms with Crippen molar-refractivity contribution in [2.24, 2.45) is 5.73 Å². The van der Waals surface area contributed by atoms with Crippen LogP contribution in [0.5, 0.6) is 0 Å². The van der Waals surface area contributed by atoms with Gasteiger partial charge in [-0.15, -0.1) is 0 Å². The molecule has 1 amide bonds. The van der Waals surface area contributed by atoms with E-state index >= 15 is 0 Å². The Morgan fingerprint density at radius 2 is 2.15 bits per heavy atom. The summed E-state index contributed by atoms with van der Waals surface area (Å²) in [5.41, 5.74) is 5.00. The Labute approximate surface area is 79.8 Å². The highest BCUT2D eigenvalue weighted by Crippen LogP contribution is 2.02. The second-order valence-corrected chi connectivity index (χ2v) is 3.76. The molecule has 0 fully saturated rings. The molecule has 0 heterocycles. The fourth-order valence-electron chi connectivity index (χ4n) is 1.10. The predicted molar refractivity (Wildman–Crippen MR) is 52.4 cm³/mol. The number of carbonyl (C=O) groups excluding carboxylic acids is 1. The third kappa shape index (κ3) is 6.54. The number of nitrogens with one attached hydrogen (secondary N) is 1. The van der Waals surface area contributed by atoms with E-state index in [2.05, 4.69) is 5.32 Å². The zero-order valence-corrected chi connectivity index (χ0v) is 8.72. The van der Waals surface area contributed by atoms with Gasteiger partial charge in [0.15, 0.2) is 0 Å². The predicted octanol–water partition coefficient (Wildman–Crippen LogP) is 0.267. The smallest absolute Gasteiger partial charge is 0.220 e. The van der Waals surface area contributed by atoms with Crippen LogP contribution in [0.1, 0.15) is 26.7 Å². The maximum absolute atomic E-state index is 11.3. The minimum atomic E-state index is -0.291. The van der Waals surface area contributed by atoms with Gasteiger partial charge in [0.2, 0.25) is 5.91 Å². The molecular weight excluding hydrogens is 168 g/mol. The molecule has 4 heteroatoms. The van der Waals surface area contributed by atoms with Gasteiger partial charge in [-0.2, -0.15) is 0 Å². The second kappa shape index (κ2) is 5.94. The van der Waals surface area contributed by atoms with Crippen molar-refractivity contribution >= 4 is 5.91 Å². The molecule has 13 heavy (non-hydrogen) atoms. The monoisotopic (exact) mass is 188 g/mol. The number of nitrogens with two attached hydrogens (primary N) is 1. The van der Waals surface area contributed by atoms with E-state index in [-0.39, 0.29) is 11.4 Å². The van der Waals surface area contributed by atoms with Crippen molar-refractivity contribution in [1.82, 2.24) is 5.32 Å². The van der Waals surface area contributed by atoms with Crippen molar-refractivity contribution in [3.8, 4) is 0 Å². The van der Waals surface area contributed by atoms with E-state index in [1.54, 1.807) is 7.11 Å². The van der Waals surface area contributed by atoms with Gasteiger partial charge in [0.1, 0.15) is 0 Å². The normalized spacial score (nSPS) is 11.4. The highest BCUT2D eigenvalue weighted by molar-refractivity contribution is 5.76. The number of carbonyl (C=O) groups is 1. The molecule has 0 aliphatic carbocycles. The molecule has 0 unspecified atom stereocenters. The molecule has 0 atom stereocenters. The van der Waals surface area contributed by atoms with Crippen LogP contribution in [-0.2, 0) is 9.53 Å². The fraction of sp³-hybridized carbons (Fsp3) is 0.889. The number of hydrogen-bond acceptors (Lipinski definition) is 3. The maximum atomic E-state index is 11.3. The molecule has 0 aliphatic rings. The lowest BCUT2D eigenvalue weighted by atomic mass is 10.1. The summed E-state index contributed by atoms with van der Waals surface area (Å²) < 4.78 is 4.97. The van der Waals surface area contributed by atoms with Crippen LogP contribution in [0.3, 0.4) is 0 Å². The molecule has 0 aromatic rings. The zero-order chi connectivity index (χ0) is 10.3. The van der Waals surface area contributed by atoms with Crippen molar-refractivity contribution in [2.75, 3.05) is 20.3 Å². The van der Waals surface area contributed by atoms with Crippen molar-refractivity contribution in [3.63, 3.8) is 0 Å². The average molecular weight is 188 g/mol. The van der Waals surface area contributed by atoms with Gasteiger partial charge in [-0.05, 0) is 26.8 Å². The zero-order valence-electron chi connectivity index (χ0n) is 8.72. The van der Waals surface area contributed by atoms with Gasteiger partial charge in [0.05, 0.1) is 12.1 Å². The number of hydrogen-bond donors (Lipinski definition) is 2. The summed E-state index contributed by atoms with van der Waals surface area (Å²) in [5, 5.41) is 2.87. The van der Waals surface area contributed by atoms with Crippen molar-refractivity contribution in [3.05, 3.63) is 0 Å². The van der Waals surface area contributed by atoms with E-state index in [1.165, 1.54) is 0 Å². The van der Waals surface area contributed by atoms with Crippen LogP contribution in [0, 0.1) is 0 Å². The van der Waals surface area contributed by atoms with E-state index in [1.807, 2.05) is 13.8 Å². The SMILES string of the molecule is COCC(C)(C)NC(=O)CCCN. The Morgan fingerprint density at radius 1 is 1.54 bits per heavy atom. The molecule has 78 valence electrons. The van der Waals surface area contributed by atoms with Crippen LogP contribution in [0.15, 0.2) is 0 Å². The Kier molecular flexibility index (Phi) is 5.66. The van der Waals surface area contributed by atoms with Crippen LogP contribution < -0.4 is 11.1 Å². The van der Waals surface area contributed by atoms with Crippen molar-refractivity contribution < 1.29 is 9.53 Å². The summed E-state index contributed by atoms with van der Waals surface area (Å²) in [6.07, 6.45) is 1.22. The Hall–Kier alpha value is -0.610. The van der Waals surface area contributed by atoms with Gasteiger partial charge >= 0.3 is 0 Å². The largest absolute Gasteiger partial charge is 0.382 e.